The van der Waals surface area contributed by atoms with Crippen molar-refractivity contribution in [2.45, 2.75) is 0 Å². The summed E-state index contributed by atoms with van der Waals surface area (Å²) in [5.41, 5.74) is 39.3. The van der Waals surface area contributed by atoms with Gasteiger partial charge < -0.3 is 45.9 Å². The summed E-state index contributed by atoms with van der Waals surface area (Å²) < 4.78 is 0. The number of amides is 2. The minimum Gasteiger partial charge on any atom is -0.368 e. The molecule has 0 saturated heterocycles. The van der Waals surface area contributed by atoms with E-state index in [1.165, 1.54) is 0 Å². The van der Waals surface area contributed by atoms with Crippen LogP contribution < -0.4 is 45.9 Å². The topological polar surface area (TPSA) is 303 Å². The van der Waals surface area contributed by atoms with Crippen LogP contribution in [0.15, 0.2) is 0 Å². The molecule has 2 heterocycles. The standard InChI is InChI=1S/2C3H6N6.CH4N2O/c2*4-1-7-2(5)9-3(6)8-1;2-1(3)4/h2*(H6,4,5,6,7,8,9);(H4,2,3,4). The number of aromatic nitrogens is 6. The molecule has 2 rings (SSSR count). The molecule has 2 aromatic heterocycles. The number of urea groups is 1. The Hall–Kier alpha value is -3.91. The van der Waals surface area contributed by atoms with Crippen molar-refractivity contribution in [2.24, 2.45) is 11.5 Å². The Balaban J connectivity index is 0.000000326. The molecule has 22 heavy (non-hydrogen) atoms. The largest absolute Gasteiger partial charge is 0.368 e. The summed E-state index contributed by atoms with van der Waals surface area (Å²) in [6, 6.07) is -0.833. The highest BCUT2D eigenvalue weighted by molar-refractivity contribution is 5.69. The summed E-state index contributed by atoms with van der Waals surface area (Å²) in [5, 5.41) is 0. The Labute approximate surface area is 123 Å². The molecule has 0 aromatic carbocycles. The van der Waals surface area contributed by atoms with Gasteiger partial charge in [-0.05, 0) is 0 Å². The van der Waals surface area contributed by atoms with Crippen molar-refractivity contribution < 1.29 is 4.79 Å². The number of carbonyl (C=O) groups is 1. The van der Waals surface area contributed by atoms with Gasteiger partial charge in [-0.15, -0.1) is 0 Å². The van der Waals surface area contributed by atoms with Crippen molar-refractivity contribution in [3.8, 4) is 0 Å². The fourth-order valence-corrected chi connectivity index (χ4v) is 0.854. The van der Waals surface area contributed by atoms with E-state index in [1.54, 1.807) is 0 Å². The predicted molar refractivity (Wildman–Crippen MR) is 79.9 cm³/mol. The van der Waals surface area contributed by atoms with Crippen molar-refractivity contribution in [2.75, 3.05) is 34.4 Å². The van der Waals surface area contributed by atoms with Gasteiger partial charge in [0.05, 0.1) is 0 Å². The van der Waals surface area contributed by atoms with E-state index in [-0.39, 0.29) is 35.7 Å². The maximum atomic E-state index is 9.00. The maximum Gasteiger partial charge on any atom is 0.309 e. The first kappa shape index (κ1) is 18.1. The first-order valence-corrected chi connectivity index (χ1v) is 5.20. The SMILES string of the molecule is NC(N)=O.Nc1nc(N)nc(N)n1.Nc1nc(N)nc(N)n1. The number of hydrogen-bond acceptors (Lipinski definition) is 13. The zero-order valence-electron chi connectivity index (χ0n) is 11.2. The molecule has 0 spiro atoms. The highest BCUT2D eigenvalue weighted by atomic mass is 16.2. The summed E-state index contributed by atoms with van der Waals surface area (Å²) in [5.74, 6) is 0.250. The fourth-order valence-electron chi connectivity index (χ4n) is 0.854. The van der Waals surface area contributed by atoms with Crippen LogP contribution in [0.4, 0.5) is 40.5 Å². The molecule has 2 amide bonds. The van der Waals surface area contributed by atoms with Gasteiger partial charge in [-0.25, -0.2) is 4.79 Å². The Bertz CT molecular complexity index is 474. The monoisotopic (exact) mass is 312 g/mol. The number of nitrogens with zero attached hydrogens (tertiary/aromatic N) is 6. The third kappa shape index (κ3) is 9.08. The molecule has 0 bridgehead atoms. The van der Waals surface area contributed by atoms with Crippen molar-refractivity contribution in [1.82, 2.24) is 29.9 Å². The van der Waals surface area contributed by atoms with Crippen molar-refractivity contribution in [3.05, 3.63) is 0 Å². The quantitative estimate of drug-likeness (QED) is 0.232. The van der Waals surface area contributed by atoms with Crippen LogP contribution in [0.3, 0.4) is 0 Å². The van der Waals surface area contributed by atoms with Crippen LogP contribution in [-0.2, 0) is 0 Å². The van der Waals surface area contributed by atoms with E-state index in [9.17, 15) is 0 Å². The second kappa shape index (κ2) is 8.30. The average molecular weight is 312 g/mol. The lowest BCUT2D eigenvalue weighted by molar-refractivity contribution is 0.256. The second-order valence-electron chi connectivity index (χ2n) is 3.22. The van der Waals surface area contributed by atoms with Crippen LogP contribution in [0.5, 0.6) is 0 Å². The number of hydrogen-bond donors (Lipinski definition) is 8. The Morgan fingerprint density at radius 1 is 0.500 bits per heavy atom. The van der Waals surface area contributed by atoms with Gasteiger partial charge in [-0.2, -0.15) is 29.9 Å². The van der Waals surface area contributed by atoms with E-state index in [1.807, 2.05) is 0 Å². The minimum atomic E-state index is -0.833. The average Bonchev–Trinajstić information content (AvgIpc) is 2.23. The van der Waals surface area contributed by atoms with E-state index in [4.69, 9.17) is 39.2 Å². The lowest BCUT2D eigenvalue weighted by Gasteiger charge is -1.93. The molecule has 2 aromatic rings. The molecular weight excluding hydrogens is 296 g/mol. The van der Waals surface area contributed by atoms with Crippen LogP contribution in [0, 0.1) is 0 Å². The Morgan fingerprint density at radius 3 is 0.682 bits per heavy atom. The normalized spacial score (nSPS) is 8.73. The zero-order chi connectivity index (χ0) is 17.3. The van der Waals surface area contributed by atoms with Crippen molar-refractivity contribution in [3.63, 3.8) is 0 Å². The Morgan fingerprint density at radius 2 is 0.591 bits per heavy atom. The van der Waals surface area contributed by atoms with Crippen molar-refractivity contribution in [1.29, 1.82) is 0 Å². The molecular formula is C7H16N14O. The molecule has 15 nitrogen and oxygen atoms in total. The molecule has 0 unspecified atom stereocenters. The van der Waals surface area contributed by atoms with Gasteiger partial charge in [0, 0.05) is 0 Å². The zero-order valence-corrected chi connectivity index (χ0v) is 11.2. The molecule has 0 aliphatic carbocycles. The smallest absolute Gasteiger partial charge is 0.309 e. The van der Waals surface area contributed by atoms with E-state index in [2.05, 4.69) is 41.4 Å². The van der Waals surface area contributed by atoms with Crippen molar-refractivity contribution >= 4 is 41.7 Å². The van der Waals surface area contributed by atoms with Crippen LogP contribution >= 0.6 is 0 Å². The Kier molecular flexibility index (Phi) is 6.82. The van der Waals surface area contributed by atoms with Crippen LogP contribution in [0.25, 0.3) is 0 Å². The minimum absolute atomic E-state index is 0.0417. The van der Waals surface area contributed by atoms with Gasteiger partial charge in [0.15, 0.2) is 0 Å². The molecule has 0 aliphatic rings. The van der Waals surface area contributed by atoms with Crippen LogP contribution in [0.1, 0.15) is 0 Å². The molecule has 0 saturated carbocycles. The van der Waals surface area contributed by atoms with Gasteiger partial charge >= 0.3 is 6.03 Å². The first-order valence-electron chi connectivity index (χ1n) is 5.20. The number of primary amides is 2. The number of rotatable bonds is 0. The second-order valence-corrected chi connectivity index (χ2v) is 3.22. The molecule has 0 radical (unpaired) electrons. The molecule has 15 heteroatoms. The van der Waals surface area contributed by atoms with E-state index < -0.39 is 6.03 Å². The molecule has 0 atom stereocenters. The van der Waals surface area contributed by atoms with E-state index in [0.717, 1.165) is 0 Å². The summed E-state index contributed by atoms with van der Waals surface area (Å²) >= 11 is 0. The lowest BCUT2D eigenvalue weighted by Crippen LogP contribution is -2.18. The van der Waals surface area contributed by atoms with Gasteiger partial charge in [0.1, 0.15) is 0 Å². The highest BCUT2D eigenvalue weighted by Crippen LogP contribution is 1.98. The number of anilines is 6. The van der Waals surface area contributed by atoms with Gasteiger partial charge in [-0.3, -0.25) is 0 Å². The number of carbonyl (C=O) groups excluding carboxylic acids is 1. The summed E-state index contributed by atoms with van der Waals surface area (Å²) in [4.78, 5) is 29.9. The molecule has 0 fully saturated rings. The first-order chi connectivity index (χ1) is 10.1. The molecule has 16 N–H and O–H groups in total. The maximum absolute atomic E-state index is 9.00. The van der Waals surface area contributed by atoms with Crippen LogP contribution in [0.2, 0.25) is 0 Å². The number of nitrogens with two attached hydrogens (primary N) is 8. The summed E-state index contributed by atoms with van der Waals surface area (Å²) in [7, 11) is 0. The summed E-state index contributed by atoms with van der Waals surface area (Å²) in [6.45, 7) is 0. The van der Waals surface area contributed by atoms with Crippen LogP contribution in [-0.4, -0.2) is 35.9 Å². The third-order valence-corrected chi connectivity index (χ3v) is 1.37. The number of nitrogen functional groups attached to an aromatic ring is 6. The molecule has 120 valence electrons. The lowest BCUT2D eigenvalue weighted by atomic mass is 10.9. The van der Waals surface area contributed by atoms with Gasteiger partial charge in [-0.1, -0.05) is 0 Å². The fraction of sp³-hybridized carbons (Fsp3) is 0. The van der Waals surface area contributed by atoms with Gasteiger partial charge in [0.2, 0.25) is 35.7 Å². The highest BCUT2D eigenvalue weighted by Gasteiger charge is 1.94. The predicted octanol–water partition coefficient (Wildman–Crippen LogP) is -3.74. The summed E-state index contributed by atoms with van der Waals surface area (Å²) in [6.07, 6.45) is 0. The van der Waals surface area contributed by atoms with Gasteiger partial charge in [0.25, 0.3) is 0 Å². The molecule has 0 aliphatic heterocycles. The van der Waals surface area contributed by atoms with E-state index >= 15 is 0 Å². The third-order valence-electron chi connectivity index (χ3n) is 1.37. The van der Waals surface area contributed by atoms with E-state index in [0.29, 0.717) is 0 Å².